The topological polar surface area (TPSA) is 89.0 Å². The number of nitro groups is 1. The van der Waals surface area contributed by atoms with Crippen LogP contribution in [0.4, 0.5) is 5.69 Å². The van der Waals surface area contributed by atoms with E-state index in [0.717, 1.165) is 0 Å². The van der Waals surface area contributed by atoms with Gasteiger partial charge in [-0.15, -0.1) is 0 Å². The number of pyridine rings is 1. The van der Waals surface area contributed by atoms with Crippen LogP contribution in [0.25, 0.3) is 0 Å². The van der Waals surface area contributed by atoms with E-state index in [0.29, 0.717) is 14.4 Å². The predicted octanol–water partition coefficient (Wildman–Crippen LogP) is 3.70. The van der Waals surface area contributed by atoms with Crippen LogP contribution in [0.3, 0.4) is 0 Å². The number of nitrogens with zero attached hydrogens (tertiary/aromatic N) is 3. The third-order valence-electron chi connectivity index (χ3n) is 2.49. The second-order valence-electron chi connectivity index (χ2n) is 3.92. The second-order valence-corrected chi connectivity index (χ2v) is 5.46. The Morgan fingerprint density at radius 1 is 1.48 bits per heavy atom. The Morgan fingerprint density at radius 3 is 2.86 bits per heavy atom. The normalized spacial score (nSPS) is 9.95. The summed E-state index contributed by atoms with van der Waals surface area (Å²) in [7, 11) is 0. The molecule has 0 fully saturated rings. The van der Waals surface area contributed by atoms with Crippen molar-refractivity contribution in [3.63, 3.8) is 0 Å². The molecule has 0 amide bonds. The molecule has 0 bridgehead atoms. The van der Waals surface area contributed by atoms with Crippen molar-refractivity contribution in [2.45, 2.75) is 6.61 Å². The van der Waals surface area contributed by atoms with E-state index in [1.165, 1.54) is 12.1 Å². The van der Waals surface area contributed by atoms with Gasteiger partial charge in [0.25, 0.3) is 0 Å². The van der Waals surface area contributed by atoms with E-state index in [4.69, 9.17) is 21.6 Å². The second kappa shape index (κ2) is 6.69. The van der Waals surface area contributed by atoms with Gasteiger partial charge in [-0.3, -0.25) is 10.1 Å². The van der Waals surface area contributed by atoms with Gasteiger partial charge in [-0.1, -0.05) is 17.7 Å². The van der Waals surface area contributed by atoms with Gasteiger partial charge in [-0.05, 0) is 40.8 Å². The summed E-state index contributed by atoms with van der Waals surface area (Å²) >= 11 is 7.66. The van der Waals surface area contributed by atoms with E-state index >= 15 is 0 Å². The summed E-state index contributed by atoms with van der Waals surface area (Å²) in [6.07, 6.45) is 0. The Kier molecular flexibility index (Phi) is 4.93. The molecule has 0 aliphatic carbocycles. The smallest absolute Gasteiger partial charge is 0.313 e. The molecule has 0 N–H and O–H groups in total. The fourth-order valence-corrected chi connectivity index (χ4v) is 2.55. The van der Waals surface area contributed by atoms with Crippen molar-refractivity contribution < 1.29 is 9.66 Å². The SMILES string of the molecule is N#Cc1cc(I)c(OCc2cccc(Cl)n2)c([N+](=O)[O-])c1. The van der Waals surface area contributed by atoms with E-state index in [9.17, 15) is 10.1 Å². The van der Waals surface area contributed by atoms with Gasteiger partial charge < -0.3 is 4.74 Å². The van der Waals surface area contributed by atoms with Crippen LogP contribution in [0.15, 0.2) is 30.3 Å². The van der Waals surface area contributed by atoms with Crippen LogP contribution in [-0.4, -0.2) is 9.91 Å². The van der Waals surface area contributed by atoms with Gasteiger partial charge in [-0.2, -0.15) is 5.26 Å². The molecule has 0 saturated heterocycles. The molecule has 0 spiro atoms. The molecule has 6 nitrogen and oxygen atoms in total. The Morgan fingerprint density at radius 2 is 2.24 bits per heavy atom. The minimum absolute atomic E-state index is 0.0449. The van der Waals surface area contributed by atoms with Crippen LogP contribution in [-0.2, 0) is 6.61 Å². The maximum Gasteiger partial charge on any atom is 0.313 e. The molecule has 0 radical (unpaired) electrons. The van der Waals surface area contributed by atoms with Crippen molar-refractivity contribution in [3.8, 4) is 11.8 Å². The van der Waals surface area contributed by atoms with E-state index in [2.05, 4.69) is 4.98 Å². The molecule has 2 rings (SSSR count). The average Bonchev–Trinajstić information content (AvgIpc) is 2.45. The first-order valence-corrected chi connectivity index (χ1v) is 7.09. The number of hydrogen-bond donors (Lipinski definition) is 0. The van der Waals surface area contributed by atoms with Gasteiger partial charge in [0.15, 0.2) is 0 Å². The van der Waals surface area contributed by atoms with Gasteiger partial charge in [0, 0.05) is 6.07 Å². The van der Waals surface area contributed by atoms with Crippen LogP contribution < -0.4 is 4.74 Å². The third kappa shape index (κ3) is 3.80. The molecule has 0 aliphatic rings. The molecule has 0 atom stereocenters. The zero-order valence-electron chi connectivity index (χ0n) is 10.4. The molecular formula is C13H7ClIN3O3. The number of aromatic nitrogens is 1. The molecule has 21 heavy (non-hydrogen) atoms. The van der Waals surface area contributed by atoms with Crippen molar-refractivity contribution in [1.29, 1.82) is 5.26 Å². The maximum atomic E-state index is 11.1. The standard InChI is InChI=1S/C13H7ClIN3O3/c14-12-3-1-2-9(17-12)7-21-13-10(15)4-8(6-16)5-11(13)18(19)20/h1-5H,7H2. The fourth-order valence-electron chi connectivity index (χ4n) is 1.60. The number of halogens is 2. The minimum Gasteiger partial charge on any atom is -0.480 e. The first-order chi connectivity index (χ1) is 10.0. The quantitative estimate of drug-likeness (QED) is 0.329. The minimum atomic E-state index is -0.580. The van der Waals surface area contributed by atoms with Gasteiger partial charge in [0.2, 0.25) is 5.75 Å². The molecule has 106 valence electrons. The number of benzene rings is 1. The van der Waals surface area contributed by atoms with Crippen molar-refractivity contribution in [2.75, 3.05) is 0 Å². The lowest BCUT2D eigenvalue weighted by Crippen LogP contribution is -2.03. The number of hydrogen-bond acceptors (Lipinski definition) is 5. The number of nitriles is 1. The zero-order valence-corrected chi connectivity index (χ0v) is 13.3. The molecule has 8 heteroatoms. The molecule has 0 aliphatic heterocycles. The average molecular weight is 416 g/mol. The fraction of sp³-hybridized carbons (Fsp3) is 0.0769. The lowest BCUT2D eigenvalue weighted by atomic mass is 10.2. The van der Waals surface area contributed by atoms with E-state index in [1.54, 1.807) is 18.2 Å². The Labute approximate surface area is 138 Å². The lowest BCUT2D eigenvalue weighted by Gasteiger charge is -2.09. The van der Waals surface area contributed by atoms with Crippen LogP contribution in [0.1, 0.15) is 11.3 Å². The number of rotatable bonds is 4. The molecule has 0 saturated carbocycles. The summed E-state index contributed by atoms with van der Waals surface area (Å²) in [5.41, 5.74) is 0.511. The van der Waals surface area contributed by atoms with Crippen LogP contribution in [0, 0.1) is 25.0 Å². The highest BCUT2D eigenvalue weighted by Gasteiger charge is 2.20. The van der Waals surface area contributed by atoms with Gasteiger partial charge in [0.1, 0.15) is 11.8 Å². The van der Waals surface area contributed by atoms with Crippen LogP contribution >= 0.6 is 34.2 Å². The highest BCUT2D eigenvalue weighted by atomic mass is 127. The van der Waals surface area contributed by atoms with Crippen molar-refractivity contribution in [1.82, 2.24) is 4.98 Å². The van der Waals surface area contributed by atoms with Crippen LogP contribution in [0.2, 0.25) is 5.15 Å². The number of ether oxygens (including phenoxy) is 1. The van der Waals surface area contributed by atoms with Gasteiger partial charge >= 0.3 is 5.69 Å². The van der Waals surface area contributed by atoms with Crippen molar-refractivity contribution in [3.05, 3.63) is 60.4 Å². The Balaban J connectivity index is 2.31. The first kappa shape index (κ1) is 15.5. The highest BCUT2D eigenvalue weighted by Crippen LogP contribution is 2.34. The first-order valence-electron chi connectivity index (χ1n) is 5.63. The summed E-state index contributed by atoms with van der Waals surface area (Å²) in [6.45, 7) is 0.0449. The van der Waals surface area contributed by atoms with Crippen molar-refractivity contribution in [2.24, 2.45) is 0 Å². The lowest BCUT2D eigenvalue weighted by molar-refractivity contribution is -0.386. The molecule has 1 heterocycles. The molecule has 0 unspecified atom stereocenters. The number of nitro benzene ring substituents is 1. The molecular weight excluding hydrogens is 409 g/mol. The Bertz CT molecular complexity index is 746. The predicted molar refractivity (Wildman–Crippen MR) is 84.1 cm³/mol. The zero-order chi connectivity index (χ0) is 15.4. The van der Waals surface area contributed by atoms with Crippen LogP contribution in [0.5, 0.6) is 5.75 Å². The van der Waals surface area contributed by atoms with E-state index in [-0.39, 0.29) is 23.6 Å². The summed E-state index contributed by atoms with van der Waals surface area (Å²) in [5.74, 6) is 0.112. The van der Waals surface area contributed by atoms with Gasteiger partial charge in [-0.25, -0.2) is 4.98 Å². The third-order valence-corrected chi connectivity index (χ3v) is 3.50. The summed E-state index contributed by atoms with van der Waals surface area (Å²) in [4.78, 5) is 14.5. The summed E-state index contributed by atoms with van der Waals surface area (Å²) in [5, 5.41) is 20.3. The monoisotopic (exact) mass is 415 g/mol. The summed E-state index contributed by atoms with van der Waals surface area (Å²) in [6, 6.07) is 9.62. The van der Waals surface area contributed by atoms with E-state index in [1.807, 2.05) is 28.7 Å². The van der Waals surface area contributed by atoms with E-state index < -0.39 is 4.92 Å². The highest BCUT2D eigenvalue weighted by molar-refractivity contribution is 14.1. The van der Waals surface area contributed by atoms with Crippen molar-refractivity contribution >= 4 is 39.9 Å². The molecule has 2 aromatic rings. The Hall–Kier alpha value is -1.92. The maximum absolute atomic E-state index is 11.1. The van der Waals surface area contributed by atoms with Gasteiger partial charge in [0.05, 0.1) is 25.8 Å². The largest absolute Gasteiger partial charge is 0.480 e. The molecule has 1 aromatic carbocycles. The molecule has 1 aromatic heterocycles. The summed E-state index contributed by atoms with van der Waals surface area (Å²) < 4.78 is 5.98.